The number of piperazine rings is 1. The van der Waals surface area contributed by atoms with Crippen LogP contribution in [0.3, 0.4) is 0 Å². The highest BCUT2D eigenvalue weighted by molar-refractivity contribution is 6.00. The predicted octanol–water partition coefficient (Wildman–Crippen LogP) is 2.11. The van der Waals surface area contributed by atoms with E-state index in [0.717, 1.165) is 44.0 Å². The van der Waals surface area contributed by atoms with Crippen LogP contribution < -0.4 is 16.0 Å². The van der Waals surface area contributed by atoms with Gasteiger partial charge < -0.3 is 10.6 Å². The Labute approximate surface area is 165 Å². The molecule has 1 atom stereocenters. The Bertz CT molecular complexity index is 840. The van der Waals surface area contributed by atoms with Crippen molar-refractivity contribution in [1.82, 2.24) is 10.2 Å². The second-order valence-electron chi connectivity index (χ2n) is 7.60. The number of nitrogens with one attached hydrogen (secondary N) is 1. The molecule has 0 aromatic heterocycles. The zero-order valence-electron chi connectivity index (χ0n) is 15.9. The van der Waals surface area contributed by atoms with Crippen LogP contribution in [0.2, 0.25) is 0 Å². The van der Waals surface area contributed by atoms with E-state index in [1.165, 1.54) is 11.3 Å². The average molecular weight is 378 g/mol. The SMILES string of the molecule is Nc1ccc(CN2CCN(c3ccc(C4CCC(=O)NC4=O)cc3)CC2)cc1. The van der Waals surface area contributed by atoms with Gasteiger partial charge in [0.2, 0.25) is 11.8 Å². The molecule has 2 fully saturated rings. The lowest BCUT2D eigenvalue weighted by Gasteiger charge is -2.36. The third-order valence-electron chi connectivity index (χ3n) is 5.66. The van der Waals surface area contributed by atoms with Crippen LogP contribution in [0.5, 0.6) is 0 Å². The zero-order valence-corrected chi connectivity index (χ0v) is 15.9. The topological polar surface area (TPSA) is 78.7 Å². The zero-order chi connectivity index (χ0) is 19.5. The Morgan fingerprint density at radius 1 is 0.929 bits per heavy atom. The summed E-state index contributed by atoms with van der Waals surface area (Å²) >= 11 is 0. The minimum atomic E-state index is -0.219. The van der Waals surface area contributed by atoms with E-state index in [0.29, 0.717) is 12.8 Å². The highest BCUT2D eigenvalue weighted by atomic mass is 16.2. The van der Waals surface area contributed by atoms with Crippen molar-refractivity contribution in [3.8, 4) is 0 Å². The van der Waals surface area contributed by atoms with Gasteiger partial charge in [-0.2, -0.15) is 0 Å². The number of carbonyl (C=O) groups is 2. The van der Waals surface area contributed by atoms with Gasteiger partial charge in [0.1, 0.15) is 0 Å². The number of amides is 2. The smallest absolute Gasteiger partial charge is 0.234 e. The highest BCUT2D eigenvalue weighted by Gasteiger charge is 2.28. The van der Waals surface area contributed by atoms with Crippen LogP contribution >= 0.6 is 0 Å². The van der Waals surface area contributed by atoms with Gasteiger partial charge in [0.05, 0.1) is 5.92 Å². The molecule has 0 radical (unpaired) electrons. The van der Waals surface area contributed by atoms with Crippen LogP contribution in [-0.4, -0.2) is 42.9 Å². The lowest BCUT2D eigenvalue weighted by molar-refractivity contribution is -0.134. The van der Waals surface area contributed by atoms with E-state index >= 15 is 0 Å². The predicted molar refractivity (Wildman–Crippen MR) is 110 cm³/mol. The lowest BCUT2D eigenvalue weighted by Crippen LogP contribution is -2.46. The Balaban J connectivity index is 1.32. The molecule has 2 aliphatic rings. The molecule has 4 rings (SSSR count). The maximum absolute atomic E-state index is 12.0. The first-order chi connectivity index (χ1) is 13.6. The van der Waals surface area contributed by atoms with E-state index in [-0.39, 0.29) is 17.7 Å². The Kier molecular flexibility index (Phi) is 5.30. The maximum atomic E-state index is 12.0. The summed E-state index contributed by atoms with van der Waals surface area (Å²) in [6, 6.07) is 16.3. The number of hydrogen-bond acceptors (Lipinski definition) is 5. The van der Waals surface area contributed by atoms with E-state index in [1.807, 2.05) is 24.3 Å². The quantitative estimate of drug-likeness (QED) is 0.629. The number of nitrogens with zero attached hydrogens (tertiary/aromatic N) is 2. The van der Waals surface area contributed by atoms with E-state index in [2.05, 4.69) is 39.4 Å². The number of imide groups is 1. The standard InChI is InChI=1S/C22H26N4O2/c23-18-5-1-16(2-6-18)15-25-11-13-26(14-12-25)19-7-3-17(4-8-19)20-9-10-21(27)24-22(20)28/h1-8,20H,9-15,23H2,(H,24,27,28). The van der Waals surface area contributed by atoms with Crippen molar-refractivity contribution in [2.24, 2.45) is 0 Å². The molecule has 6 heteroatoms. The maximum Gasteiger partial charge on any atom is 0.234 e. The first kappa shape index (κ1) is 18.5. The van der Waals surface area contributed by atoms with Crippen LogP contribution in [0.15, 0.2) is 48.5 Å². The van der Waals surface area contributed by atoms with Crippen molar-refractivity contribution in [3.05, 3.63) is 59.7 Å². The van der Waals surface area contributed by atoms with E-state index in [1.54, 1.807) is 0 Å². The number of nitrogens with two attached hydrogens (primary N) is 1. The summed E-state index contributed by atoms with van der Waals surface area (Å²) in [4.78, 5) is 28.2. The molecule has 0 spiro atoms. The molecule has 2 aromatic rings. The fourth-order valence-corrected chi connectivity index (χ4v) is 3.97. The number of benzene rings is 2. The van der Waals surface area contributed by atoms with Gasteiger partial charge in [0.15, 0.2) is 0 Å². The van der Waals surface area contributed by atoms with Gasteiger partial charge in [-0.05, 0) is 41.8 Å². The molecule has 28 heavy (non-hydrogen) atoms. The molecule has 3 N–H and O–H groups in total. The van der Waals surface area contributed by atoms with Crippen molar-refractivity contribution in [3.63, 3.8) is 0 Å². The van der Waals surface area contributed by atoms with Crippen molar-refractivity contribution < 1.29 is 9.59 Å². The minimum absolute atomic E-state index is 0.172. The second kappa shape index (κ2) is 8.02. The Morgan fingerprint density at radius 3 is 2.25 bits per heavy atom. The Hall–Kier alpha value is -2.86. The summed E-state index contributed by atoms with van der Waals surface area (Å²) in [7, 11) is 0. The summed E-state index contributed by atoms with van der Waals surface area (Å²) in [6.07, 6.45) is 1.00. The molecule has 6 nitrogen and oxygen atoms in total. The molecular weight excluding hydrogens is 352 g/mol. The van der Waals surface area contributed by atoms with E-state index in [4.69, 9.17) is 5.73 Å². The molecule has 2 aliphatic heterocycles. The third-order valence-corrected chi connectivity index (χ3v) is 5.66. The Morgan fingerprint density at radius 2 is 1.61 bits per heavy atom. The second-order valence-corrected chi connectivity index (χ2v) is 7.60. The van der Waals surface area contributed by atoms with Crippen molar-refractivity contribution in [2.75, 3.05) is 36.8 Å². The monoisotopic (exact) mass is 378 g/mol. The summed E-state index contributed by atoms with van der Waals surface area (Å²) in [6.45, 7) is 4.93. The lowest BCUT2D eigenvalue weighted by atomic mass is 9.90. The van der Waals surface area contributed by atoms with Gasteiger partial charge in [0.25, 0.3) is 0 Å². The summed E-state index contributed by atoms with van der Waals surface area (Å²) in [5.74, 6) is -0.571. The number of rotatable bonds is 4. The molecular formula is C22H26N4O2. The first-order valence-corrected chi connectivity index (χ1v) is 9.84. The number of piperidine rings is 1. The molecule has 2 amide bonds. The van der Waals surface area contributed by atoms with Gasteiger partial charge >= 0.3 is 0 Å². The van der Waals surface area contributed by atoms with Crippen LogP contribution in [0.1, 0.15) is 29.9 Å². The summed E-state index contributed by atoms with van der Waals surface area (Å²) in [5.41, 5.74) is 10.0. The van der Waals surface area contributed by atoms with Gasteiger partial charge in [0, 0.05) is 50.5 Å². The minimum Gasteiger partial charge on any atom is -0.399 e. The van der Waals surface area contributed by atoms with Gasteiger partial charge in [-0.25, -0.2) is 0 Å². The van der Waals surface area contributed by atoms with Gasteiger partial charge in [-0.1, -0.05) is 24.3 Å². The van der Waals surface area contributed by atoms with Crippen molar-refractivity contribution >= 4 is 23.2 Å². The molecule has 2 aromatic carbocycles. The fraction of sp³-hybridized carbons (Fsp3) is 0.364. The largest absolute Gasteiger partial charge is 0.399 e. The highest BCUT2D eigenvalue weighted by Crippen LogP contribution is 2.27. The van der Waals surface area contributed by atoms with Crippen LogP contribution in [0, 0.1) is 0 Å². The molecule has 0 aliphatic carbocycles. The normalized spacial score (nSPS) is 20.9. The van der Waals surface area contributed by atoms with Crippen molar-refractivity contribution in [1.29, 1.82) is 0 Å². The molecule has 2 heterocycles. The fourth-order valence-electron chi connectivity index (χ4n) is 3.97. The third kappa shape index (κ3) is 4.17. The number of carbonyl (C=O) groups excluding carboxylic acids is 2. The summed E-state index contributed by atoms with van der Waals surface area (Å²) < 4.78 is 0. The summed E-state index contributed by atoms with van der Waals surface area (Å²) in [5, 5.41) is 2.43. The number of hydrogen-bond donors (Lipinski definition) is 2. The molecule has 1 unspecified atom stereocenters. The van der Waals surface area contributed by atoms with Crippen molar-refractivity contribution in [2.45, 2.75) is 25.3 Å². The number of nitrogen functional groups attached to an aromatic ring is 1. The van der Waals surface area contributed by atoms with Crippen LogP contribution in [0.25, 0.3) is 0 Å². The van der Waals surface area contributed by atoms with Crippen LogP contribution in [0.4, 0.5) is 11.4 Å². The molecule has 146 valence electrons. The first-order valence-electron chi connectivity index (χ1n) is 9.84. The van der Waals surface area contributed by atoms with Gasteiger partial charge in [-0.15, -0.1) is 0 Å². The molecule has 0 saturated carbocycles. The van der Waals surface area contributed by atoms with Crippen LogP contribution in [-0.2, 0) is 16.1 Å². The molecule has 0 bridgehead atoms. The number of anilines is 2. The average Bonchev–Trinajstić information content (AvgIpc) is 2.71. The van der Waals surface area contributed by atoms with E-state index < -0.39 is 0 Å². The van der Waals surface area contributed by atoms with E-state index in [9.17, 15) is 9.59 Å². The van der Waals surface area contributed by atoms with Gasteiger partial charge in [-0.3, -0.25) is 19.8 Å². The molecule has 2 saturated heterocycles.